The molecule has 0 unspecified atom stereocenters. The molecule has 0 radical (unpaired) electrons. The van der Waals surface area contributed by atoms with Crippen LogP contribution in [0.5, 0.6) is 0 Å². The van der Waals surface area contributed by atoms with E-state index in [9.17, 15) is 9.59 Å². The van der Waals surface area contributed by atoms with Crippen molar-refractivity contribution >= 4 is 17.5 Å². The van der Waals surface area contributed by atoms with Crippen LogP contribution in [0.1, 0.15) is 40.2 Å². The van der Waals surface area contributed by atoms with Crippen LogP contribution in [-0.4, -0.2) is 32.7 Å². The Balaban J connectivity index is 1.47. The highest BCUT2D eigenvalue weighted by Crippen LogP contribution is 2.15. The van der Waals surface area contributed by atoms with Gasteiger partial charge in [-0.1, -0.05) is 6.07 Å². The van der Waals surface area contributed by atoms with Crippen molar-refractivity contribution in [3.05, 3.63) is 65.4 Å². The van der Waals surface area contributed by atoms with Gasteiger partial charge in [0.05, 0.1) is 5.69 Å². The molecular weight excluding hydrogens is 342 g/mol. The van der Waals surface area contributed by atoms with Crippen molar-refractivity contribution in [2.75, 3.05) is 6.54 Å². The number of nitrogens with one attached hydrogen (secondary N) is 2. The summed E-state index contributed by atoms with van der Waals surface area (Å²) >= 11 is 0. The van der Waals surface area contributed by atoms with Crippen LogP contribution in [0.25, 0.3) is 5.65 Å². The lowest BCUT2D eigenvalue weighted by atomic mass is 10.2. The molecule has 2 N–H and O–H groups in total. The first kappa shape index (κ1) is 18.6. The van der Waals surface area contributed by atoms with Crippen molar-refractivity contribution in [3.63, 3.8) is 0 Å². The summed E-state index contributed by atoms with van der Waals surface area (Å²) in [5, 5.41) is 5.74. The summed E-state index contributed by atoms with van der Waals surface area (Å²) in [5.74, 6) is -0.217. The third-order valence-corrected chi connectivity index (χ3v) is 4.34. The third kappa shape index (κ3) is 4.49. The predicted octanol–water partition coefficient (Wildman–Crippen LogP) is 2.17. The summed E-state index contributed by atoms with van der Waals surface area (Å²) in [6.07, 6.45) is 6.16. The summed E-state index contributed by atoms with van der Waals surface area (Å²) < 4.78 is 1.81. The number of amides is 2. The largest absolute Gasteiger partial charge is 0.352 e. The number of carbonyl (C=O) groups excluding carboxylic acids is 2. The highest BCUT2D eigenvalue weighted by Gasteiger charge is 2.16. The van der Waals surface area contributed by atoms with Gasteiger partial charge in [0.1, 0.15) is 11.3 Å². The molecule has 0 aromatic carbocycles. The second kappa shape index (κ2) is 8.44. The van der Waals surface area contributed by atoms with Gasteiger partial charge in [0, 0.05) is 38.1 Å². The lowest BCUT2D eigenvalue weighted by molar-refractivity contribution is -0.121. The van der Waals surface area contributed by atoms with E-state index in [4.69, 9.17) is 0 Å². The molecule has 3 aromatic heterocycles. The lowest BCUT2D eigenvalue weighted by Gasteiger charge is -2.07. The number of rotatable bonds is 7. The number of nitrogens with zero attached hydrogens (tertiary/aromatic N) is 3. The molecule has 2 amide bonds. The monoisotopic (exact) mass is 365 g/mol. The van der Waals surface area contributed by atoms with Crippen molar-refractivity contribution in [1.82, 2.24) is 25.0 Å². The molecule has 0 aliphatic carbocycles. The number of hydrogen-bond acceptors (Lipinski definition) is 4. The van der Waals surface area contributed by atoms with Crippen LogP contribution in [0.15, 0.2) is 42.9 Å². The summed E-state index contributed by atoms with van der Waals surface area (Å²) in [7, 11) is 0. The van der Waals surface area contributed by atoms with Gasteiger partial charge >= 0.3 is 0 Å². The summed E-state index contributed by atoms with van der Waals surface area (Å²) in [6, 6.07) is 7.59. The molecule has 0 spiro atoms. The number of fused-ring (bicyclic) bond motifs is 1. The maximum atomic E-state index is 12.5. The average molecular weight is 365 g/mol. The first-order valence-corrected chi connectivity index (χ1v) is 8.94. The zero-order chi connectivity index (χ0) is 19.2. The Kier molecular flexibility index (Phi) is 5.80. The van der Waals surface area contributed by atoms with E-state index in [0.717, 1.165) is 16.8 Å². The van der Waals surface area contributed by atoms with Crippen molar-refractivity contribution in [2.45, 2.75) is 33.2 Å². The highest BCUT2D eigenvalue weighted by atomic mass is 16.2. The van der Waals surface area contributed by atoms with E-state index in [1.165, 1.54) is 0 Å². The van der Waals surface area contributed by atoms with Crippen LogP contribution in [0, 0.1) is 13.8 Å². The summed E-state index contributed by atoms with van der Waals surface area (Å²) in [4.78, 5) is 32.8. The molecule has 3 rings (SSSR count). The van der Waals surface area contributed by atoms with Crippen LogP contribution in [0.2, 0.25) is 0 Å². The molecule has 7 nitrogen and oxygen atoms in total. The summed E-state index contributed by atoms with van der Waals surface area (Å²) in [5.41, 5.74) is 4.04. The van der Waals surface area contributed by atoms with E-state index in [1.54, 1.807) is 16.8 Å². The highest BCUT2D eigenvalue weighted by molar-refractivity contribution is 5.94. The smallest absolute Gasteiger partial charge is 0.270 e. The number of imidazole rings is 1. The quantitative estimate of drug-likeness (QED) is 0.628. The fourth-order valence-electron chi connectivity index (χ4n) is 2.92. The van der Waals surface area contributed by atoms with Crippen molar-refractivity contribution in [3.8, 4) is 0 Å². The lowest BCUT2D eigenvalue weighted by Crippen LogP contribution is -2.28. The van der Waals surface area contributed by atoms with Crippen molar-refractivity contribution in [2.24, 2.45) is 0 Å². The second-order valence-electron chi connectivity index (χ2n) is 6.42. The number of pyridine rings is 2. The molecular formula is C20H23N5O2. The third-order valence-electron chi connectivity index (χ3n) is 4.34. The van der Waals surface area contributed by atoms with Gasteiger partial charge in [0.25, 0.3) is 5.91 Å². The van der Waals surface area contributed by atoms with Gasteiger partial charge in [-0.15, -0.1) is 0 Å². The molecule has 0 aliphatic heterocycles. The van der Waals surface area contributed by atoms with Gasteiger partial charge in [-0.2, -0.15) is 0 Å². The minimum absolute atomic E-state index is 0.0392. The number of aromatic nitrogens is 3. The molecule has 7 heteroatoms. The fourth-order valence-corrected chi connectivity index (χ4v) is 2.92. The van der Waals surface area contributed by atoms with Gasteiger partial charge in [-0.05, 0) is 49.6 Å². The average Bonchev–Trinajstić information content (AvgIpc) is 3.02. The van der Waals surface area contributed by atoms with E-state index in [1.807, 2.05) is 44.3 Å². The maximum absolute atomic E-state index is 12.5. The van der Waals surface area contributed by atoms with E-state index in [0.29, 0.717) is 37.3 Å². The van der Waals surface area contributed by atoms with Crippen LogP contribution >= 0.6 is 0 Å². The number of carbonyl (C=O) groups is 2. The van der Waals surface area contributed by atoms with E-state index in [2.05, 4.69) is 20.6 Å². The molecule has 3 heterocycles. The second-order valence-corrected chi connectivity index (χ2v) is 6.42. The normalized spacial score (nSPS) is 10.7. The molecule has 0 atom stereocenters. The molecule has 0 fully saturated rings. The number of aryl methyl sites for hydroxylation is 2. The predicted molar refractivity (Wildman–Crippen MR) is 102 cm³/mol. The topological polar surface area (TPSA) is 88.4 Å². The standard InChI is InChI=1S/C20H23N5O2/c1-14-5-4-12-25-18(15(2)24-19(14)25)20(27)22-9-3-6-17(26)23-13-16-7-10-21-11-8-16/h4-5,7-8,10-12H,3,6,9,13H2,1-2H3,(H,22,27)(H,23,26). The molecule has 140 valence electrons. The zero-order valence-electron chi connectivity index (χ0n) is 15.5. The molecule has 0 bridgehead atoms. The van der Waals surface area contributed by atoms with Crippen LogP contribution in [0.4, 0.5) is 0 Å². The molecule has 0 aliphatic rings. The summed E-state index contributed by atoms with van der Waals surface area (Å²) in [6.45, 7) is 4.70. The van der Waals surface area contributed by atoms with Gasteiger partial charge in [-0.3, -0.25) is 19.0 Å². The van der Waals surface area contributed by atoms with Gasteiger partial charge in [0.15, 0.2) is 0 Å². The van der Waals surface area contributed by atoms with Crippen LogP contribution in [-0.2, 0) is 11.3 Å². The Morgan fingerprint density at radius 3 is 2.67 bits per heavy atom. The van der Waals surface area contributed by atoms with E-state index >= 15 is 0 Å². The SMILES string of the molecule is Cc1nc2c(C)cccn2c1C(=O)NCCCC(=O)NCc1ccncc1. The Labute approximate surface area is 157 Å². The molecule has 27 heavy (non-hydrogen) atoms. The molecule has 0 saturated carbocycles. The minimum atomic E-state index is -0.178. The fraction of sp³-hybridized carbons (Fsp3) is 0.300. The Bertz CT molecular complexity index is 950. The van der Waals surface area contributed by atoms with Gasteiger partial charge < -0.3 is 10.6 Å². The zero-order valence-corrected chi connectivity index (χ0v) is 15.5. The van der Waals surface area contributed by atoms with Crippen LogP contribution in [0.3, 0.4) is 0 Å². The Morgan fingerprint density at radius 2 is 1.89 bits per heavy atom. The van der Waals surface area contributed by atoms with Crippen molar-refractivity contribution in [1.29, 1.82) is 0 Å². The van der Waals surface area contributed by atoms with E-state index in [-0.39, 0.29) is 11.8 Å². The Hall–Kier alpha value is -3.22. The van der Waals surface area contributed by atoms with E-state index < -0.39 is 0 Å². The maximum Gasteiger partial charge on any atom is 0.270 e. The van der Waals surface area contributed by atoms with Gasteiger partial charge in [-0.25, -0.2) is 4.98 Å². The van der Waals surface area contributed by atoms with Crippen LogP contribution < -0.4 is 10.6 Å². The first-order chi connectivity index (χ1) is 13.1. The minimum Gasteiger partial charge on any atom is -0.352 e. The first-order valence-electron chi connectivity index (χ1n) is 8.94. The van der Waals surface area contributed by atoms with Crippen molar-refractivity contribution < 1.29 is 9.59 Å². The molecule has 0 saturated heterocycles. The number of hydrogen-bond donors (Lipinski definition) is 2. The Morgan fingerprint density at radius 1 is 1.11 bits per heavy atom. The van der Waals surface area contributed by atoms with Gasteiger partial charge in [0.2, 0.25) is 5.91 Å². The molecule has 3 aromatic rings.